The summed E-state index contributed by atoms with van der Waals surface area (Å²) < 4.78 is 1.14. The van der Waals surface area contributed by atoms with Gasteiger partial charge < -0.3 is 11.1 Å². The van der Waals surface area contributed by atoms with Crippen LogP contribution < -0.4 is 11.1 Å². The number of halogens is 1. The normalized spacial score (nSPS) is 20.5. The first-order valence-corrected chi connectivity index (χ1v) is 5.65. The first kappa shape index (κ1) is 8.69. The number of rotatable bonds is 2. The molecule has 1 saturated heterocycles. The van der Waals surface area contributed by atoms with Crippen LogP contribution in [0.15, 0.2) is 15.9 Å². The fourth-order valence-corrected chi connectivity index (χ4v) is 2.84. The maximum Gasteiger partial charge on any atom is 0.0443 e. The van der Waals surface area contributed by atoms with Crippen molar-refractivity contribution in [1.82, 2.24) is 5.32 Å². The van der Waals surface area contributed by atoms with Crippen LogP contribution >= 0.6 is 27.3 Å². The zero-order chi connectivity index (χ0) is 8.55. The van der Waals surface area contributed by atoms with E-state index in [0.29, 0.717) is 5.92 Å². The summed E-state index contributed by atoms with van der Waals surface area (Å²) in [7, 11) is 0. The van der Waals surface area contributed by atoms with Gasteiger partial charge in [-0.15, -0.1) is 11.3 Å². The van der Waals surface area contributed by atoms with Gasteiger partial charge in [0, 0.05) is 39.8 Å². The molecule has 12 heavy (non-hydrogen) atoms. The van der Waals surface area contributed by atoms with E-state index in [1.54, 1.807) is 11.3 Å². The Labute approximate surface area is 84.3 Å². The summed E-state index contributed by atoms with van der Waals surface area (Å²) in [6.07, 6.45) is 0. The Kier molecular flexibility index (Phi) is 2.50. The second-order valence-corrected chi connectivity index (χ2v) is 4.97. The van der Waals surface area contributed by atoms with Gasteiger partial charge >= 0.3 is 0 Å². The van der Waals surface area contributed by atoms with Gasteiger partial charge in [0.05, 0.1) is 0 Å². The average molecular weight is 247 g/mol. The number of hydrogen-bond acceptors (Lipinski definition) is 3. The fraction of sp³-hybridized carbons (Fsp3) is 0.500. The largest absolute Gasteiger partial charge is 0.323 e. The van der Waals surface area contributed by atoms with Crippen LogP contribution in [0.4, 0.5) is 0 Å². The molecule has 0 spiro atoms. The summed E-state index contributed by atoms with van der Waals surface area (Å²) >= 11 is 5.16. The molecule has 2 nitrogen and oxygen atoms in total. The van der Waals surface area contributed by atoms with E-state index in [4.69, 9.17) is 5.73 Å². The van der Waals surface area contributed by atoms with Gasteiger partial charge in [-0.2, -0.15) is 0 Å². The maximum atomic E-state index is 6.06. The van der Waals surface area contributed by atoms with Crippen molar-refractivity contribution in [1.29, 1.82) is 0 Å². The number of hydrogen-bond donors (Lipinski definition) is 2. The molecule has 0 radical (unpaired) electrons. The molecule has 0 saturated carbocycles. The molecule has 2 heterocycles. The van der Waals surface area contributed by atoms with Crippen LogP contribution in [0.25, 0.3) is 0 Å². The zero-order valence-electron chi connectivity index (χ0n) is 6.59. The molecule has 3 N–H and O–H groups in total. The third-order valence-corrected chi connectivity index (χ3v) is 4.03. The molecular weight excluding hydrogens is 236 g/mol. The molecule has 0 aliphatic carbocycles. The highest BCUT2D eigenvalue weighted by molar-refractivity contribution is 9.10. The smallest absolute Gasteiger partial charge is 0.0443 e. The van der Waals surface area contributed by atoms with Crippen molar-refractivity contribution < 1.29 is 0 Å². The van der Waals surface area contributed by atoms with Gasteiger partial charge in [-0.3, -0.25) is 0 Å². The maximum absolute atomic E-state index is 6.06. The van der Waals surface area contributed by atoms with E-state index in [0.717, 1.165) is 17.6 Å². The van der Waals surface area contributed by atoms with Gasteiger partial charge in [-0.1, -0.05) is 0 Å². The van der Waals surface area contributed by atoms with Gasteiger partial charge in [0.25, 0.3) is 0 Å². The van der Waals surface area contributed by atoms with Crippen LogP contribution in [0.3, 0.4) is 0 Å². The molecule has 0 amide bonds. The second kappa shape index (κ2) is 3.46. The van der Waals surface area contributed by atoms with Crippen LogP contribution in [0.5, 0.6) is 0 Å². The van der Waals surface area contributed by atoms with Crippen molar-refractivity contribution in [2.45, 2.75) is 6.04 Å². The molecular formula is C8H11BrN2S. The van der Waals surface area contributed by atoms with E-state index in [1.807, 2.05) is 0 Å². The minimum atomic E-state index is 0.225. The highest BCUT2D eigenvalue weighted by atomic mass is 79.9. The second-order valence-electron chi connectivity index (χ2n) is 3.11. The van der Waals surface area contributed by atoms with E-state index < -0.39 is 0 Å². The molecule has 66 valence electrons. The lowest BCUT2D eigenvalue weighted by Crippen LogP contribution is -2.47. The SMILES string of the molecule is NC(c1cc(Br)cs1)C1CNC1. The van der Waals surface area contributed by atoms with E-state index in [2.05, 4.69) is 32.7 Å². The highest BCUT2D eigenvalue weighted by Gasteiger charge is 2.25. The lowest BCUT2D eigenvalue weighted by atomic mass is 9.94. The Bertz CT molecular complexity index is 270. The standard InChI is InChI=1S/C8H11BrN2S/c9-6-1-7(12-4-6)8(10)5-2-11-3-5/h1,4-5,8,11H,2-3,10H2. The summed E-state index contributed by atoms with van der Waals surface area (Å²) in [6, 6.07) is 2.34. The Balaban J connectivity index is 2.08. The zero-order valence-corrected chi connectivity index (χ0v) is 8.99. The van der Waals surface area contributed by atoms with Gasteiger partial charge in [-0.25, -0.2) is 0 Å². The van der Waals surface area contributed by atoms with Gasteiger partial charge in [0.2, 0.25) is 0 Å². The molecule has 4 heteroatoms. The molecule has 1 aliphatic rings. The van der Waals surface area contributed by atoms with Crippen LogP contribution in [-0.4, -0.2) is 13.1 Å². The van der Waals surface area contributed by atoms with Crippen molar-refractivity contribution in [3.63, 3.8) is 0 Å². The fourth-order valence-electron chi connectivity index (χ4n) is 1.30. The lowest BCUT2D eigenvalue weighted by molar-refractivity contribution is 0.297. The van der Waals surface area contributed by atoms with Crippen LogP contribution in [-0.2, 0) is 0 Å². The molecule has 1 atom stereocenters. The van der Waals surface area contributed by atoms with Crippen LogP contribution in [0.2, 0.25) is 0 Å². The lowest BCUT2D eigenvalue weighted by Gasteiger charge is -2.31. The highest BCUT2D eigenvalue weighted by Crippen LogP contribution is 2.29. The van der Waals surface area contributed by atoms with Crippen molar-refractivity contribution in [2.75, 3.05) is 13.1 Å². The third kappa shape index (κ3) is 1.57. The van der Waals surface area contributed by atoms with Gasteiger partial charge in [0.1, 0.15) is 0 Å². The molecule has 1 aromatic heterocycles. The van der Waals surface area contributed by atoms with Crippen molar-refractivity contribution in [3.05, 3.63) is 20.8 Å². The van der Waals surface area contributed by atoms with E-state index in [-0.39, 0.29) is 6.04 Å². The Morgan fingerprint density at radius 1 is 1.67 bits per heavy atom. The molecule has 1 fully saturated rings. The van der Waals surface area contributed by atoms with Crippen molar-refractivity contribution in [3.8, 4) is 0 Å². The summed E-state index contributed by atoms with van der Waals surface area (Å²) in [5, 5.41) is 5.32. The minimum Gasteiger partial charge on any atom is -0.323 e. The first-order chi connectivity index (χ1) is 5.77. The van der Waals surface area contributed by atoms with Crippen molar-refractivity contribution in [2.24, 2.45) is 11.7 Å². The summed E-state index contributed by atoms with van der Waals surface area (Å²) in [4.78, 5) is 1.29. The number of thiophene rings is 1. The Morgan fingerprint density at radius 3 is 2.83 bits per heavy atom. The number of nitrogens with two attached hydrogens (primary N) is 1. The predicted octanol–water partition coefficient (Wildman–Crippen LogP) is 1.73. The predicted molar refractivity (Wildman–Crippen MR) is 55.3 cm³/mol. The summed E-state index contributed by atoms with van der Waals surface area (Å²) in [5.74, 6) is 0.635. The first-order valence-electron chi connectivity index (χ1n) is 3.97. The Morgan fingerprint density at radius 2 is 2.42 bits per heavy atom. The van der Waals surface area contributed by atoms with Gasteiger partial charge in [0.15, 0.2) is 0 Å². The van der Waals surface area contributed by atoms with Crippen LogP contribution in [0, 0.1) is 5.92 Å². The number of nitrogens with one attached hydrogen (secondary N) is 1. The average Bonchev–Trinajstić information content (AvgIpc) is 2.31. The monoisotopic (exact) mass is 246 g/mol. The van der Waals surface area contributed by atoms with Crippen LogP contribution in [0.1, 0.15) is 10.9 Å². The molecule has 1 aromatic rings. The quantitative estimate of drug-likeness (QED) is 0.835. The Hall–Kier alpha value is 0.1000. The summed E-state index contributed by atoms with van der Waals surface area (Å²) in [5.41, 5.74) is 6.06. The molecule has 2 rings (SSSR count). The minimum absolute atomic E-state index is 0.225. The van der Waals surface area contributed by atoms with E-state index in [1.165, 1.54) is 4.88 Å². The van der Waals surface area contributed by atoms with E-state index >= 15 is 0 Å². The molecule has 1 unspecified atom stereocenters. The topological polar surface area (TPSA) is 38.0 Å². The van der Waals surface area contributed by atoms with Crippen molar-refractivity contribution >= 4 is 27.3 Å². The van der Waals surface area contributed by atoms with Gasteiger partial charge in [-0.05, 0) is 22.0 Å². The third-order valence-electron chi connectivity index (χ3n) is 2.24. The molecule has 0 aromatic carbocycles. The molecule has 1 aliphatic heterocycles. The summed E-state index contributed by atoms with van der Waals surface area (Å²) in [6.45, 7) is 2.13. The molecule has 0 bridgehead atoms. The van der Waals surface area contributed by atoms with E-state index in [9.17, 15) is 0 Å².